The first-order valence-electron chi connectivity index (χ1n) is 9.00. The van der Waals surface area contributed by atoms with Gasteiger partial charge in [-0.1, -0.05) is 49.4 Å². The van der Waals surface area contributed by atoms with Crippen LogP contribution in [-0.2, 0) is 6.42 Å². The summed E-state index contributed by atoms with van der Waals surface area (Å²) in [6, 6.07) is 18.3. The topological polar surface area (TPSA) is 96.3 Å². The molecule has 0 amide bonds. The van der Waals surface area contributed by atoms with Gasteiger partial charge < -0.3 is 20.9 Å². The second-order valence-electron chi connectivity index (χ2n) is 6.04. The minimum atomic E-state index is 0.166. The zero-order valence-corrected chi connectivity index (χ0v) is 15.4. The van der Waals surface area contributed by atoms with Gasteiger partial charge in [-0.3, -0.25) is 0 Å². The van der Waals surface area contributed by atoms with Gasteiger partial charge in [-0.2, -0.15) is 4.98 Å². The summed E-state index contributed by atoms with van der Waals surface area (Å²) >= 11 is 0. The van der Waals surface area contributed by atoms with Crippen molar-refractivity contribution in [1.29, 1.82) is 0 Å². The van der Waals surface area contributed by atoms with Gasteiger partial charge in [0, 0.05) is 6.42 Å². The Bertz CT molecular complexity index is 867. The molecule has 1 aromatic heterocycles. The van der Waals surface area contributed by atoms with Crippen LogP contribution in [0.5, 0.6) is 11.5 Å². The van der Waals surface area contributed by atoms with E-state index in [9.17, 15) is 0 Å². The van der Waals surface area contributed by atoms with E-state index in [0.29, 0.717) is 31.8 Å². The van der Waals surface area contributed by atoms with E-state index in [1.165, 1.54) is 5.56 Å². The van der Waals surface area contributed by atoms with E-state index in [1.807, 2.05) is 37.3 Å². The lowest BCUT2D eigenvalue weighted by Gasteiger charge is -2.12. The maximum atomic E-state index is 5.88. The highest BCUT2D eigenvalue weighted by molar-refractivity contribution is 5.63. The molecule has 0 aliphatic rings. The summed E-state index contributed by atoms with van der Waals surface area (Å²) in [5.74, 6) is 1.79. The number of aromatic nitrogens is 2. The molecule has 0 unspecified atom stereocenters. The van der Waals surface area contributed by atoms with Crippen LogP contribution in [0.15, 0.2) is 54.6 Å². The Balaban J connectivity index is 1.47. The van der Waals surface area contributed by atoms with E-state index >= 15 is 0 Å². The first-order valence-corrected chi connectivity index (χ1v) is 9.00. The molecule has 3 aromatic rings. The molecule has 27 heavy (non-hydrogen) atoms. The van der Waals surface area contributed by atoms with Crippen molar-refractivity contribution >= 4 is 11.8 Å². The van der Waals surface area contributed by atoms with Crippen LogP contribution in [-0.4, -0.2) is 23.2 Å². The molecule has 0 aliphatic carbocycles. The molecule has 0 atom stereocenters. The molecule has 0 spiro atoms. The number of nitrogen functional groups attached to an aromatic ring is 2. The lowest BCUT2D eigenvalue weighted by atomic mass is 10.1. The van der Waals surface area contributed by atoms with Gasteiger partial charge in [-0.05, 0) is 29.7 Å². The van der Waals surface area contributed by atoms with Crippen LogP contribution in [0.25, 0.3) is 11.1 Å². The molecule has 0 radical (unpaired) electrons. The van der Waals surface area contributed by atoms with Crippen LogP contribution in [0.3, 0.4) is 0 Å². The highest BCUT2D eigenvalue weighted by Gasteiger charge is 2.11. The number of benzene rings is 2. The number of anilines is 2. The summed E-state index contributed by atoms with van der Waals surface area (Å²) < 4.78 is 11.5. The van der Waals surface area contributed by atoms with Gasteiger partial charge in [0.05, 0.1) is 18.9 Å². The summed E-state index contributed by atoms with van der Waals surface area (Å²) in [4.78, 5) is 8.11. The summed E-state index contributed by atoms with van der Waals surface area (Å²) in [6.07, 6.45) is 1.39. The van der Waals surface area contributed by atoms with E-state index in [4.69, 9.17) is 20.9 Å². The van der Waals surface area contributed by atoms with Crippen LogP contribution in [0.2, 0.25) is 0 Å². The largest absolute Gasteiger partial charge is 0.493 e. The molecule has 0 aliphatic heterocycles. The standard InChI is InChI=1S/C21H24N4O2/c1-2-18-19(20(22)25-21(23)24-18)27-14-6-13-26-17-11-9-16(10-12-17)15-7-4-3-5-8-15/h3-5,7-12H,2,6,13-14H2,1H3,(H4,22,23,24,25). The summed E-state index contributed by atoms with van der Waals surface area (Å²) in [5, 5.41) is 0. The molecule has 0 bridgehead atoms. The predicted molar refractivity (Wildman–Crippen MR) is 108 cm³/mol. The van der Waals surface area contributed by atoms with Gasteiger partial charge >= 0.3 is 0 Å². The number of hydrogen-bond acceptors (Lipinski definition) is 6. The fraction of sp³-hybridized carbons (Fsp3) is 0.238. The number of aryl methyl sites for hydroxylation is 1. The Hall–Kier alpha value is -3.28. The molecular weight excluding hydrogens is 340 g/mol. The summed E-state index contributed by atoms with van der Waals surface area (Å²) in [6.45, 7) is 2.98. The average molecular weight is 364 g/mol. The maximum Gasteiger partial charge on any atom is 0.222 e. The first kappa shape index (κ1) is 18.5. The number of nitrogens with two attached hydrogens (primary N) is 2. The van der Waals surface area contributed by atoms with E-state index in [2.05, 4.69) is 34.2 Å². The Labute approximate surface area is 159 Å². The number of ether oxygens (including phenoxy) is 2. The van der Waals surface area contributed by atoms with Gasteiger partial charge in [0.15, 0.2) is 11.6 Å². The van der Waals surface area contributed by atoms with Crippen molar-refractivity contribution in [3.8, 4) is 22.6 Å². The van der Waals surface area contributed by atoms with Crippen LogP contribution >= 0.6 is 0 Å². The van der Waals surface area contributed by atoms with Crippen molar-refractivity contribution in [2.45, 2.75) is 19.8 Å². The van der Waals surface area contributed by atoms with Crippen molar-refractivity contribution in [2.75, 3.05) is 24.7 Å². The third kappa shape index (κ3) is 4.88. The van der Waals surface area contributed by atoms with Crippen LogP contribution in [0.4, 0.5) is 11.8 Å². The Morgan fingerprint density at radius 3 is 2.19 bits per heavy atom. The van der Waals surface area contributed by atoms with Crippen molar-refractivity contribution in [3.63, 3.8) is 0 Å². The molecule has 0 fully saturated rings. The molecule has 0 saturated carbocycles. The van der Waals surface area contributed by atoms with E-state index < -0.39 is 0 Å². The molecule has 6 nitrogen and oxygen atoms in total. The van der Waals surface area contributed by atoms with Crippen molar-refractivity contribution in [3.05, 3.63) is 60.3 Å². The van der Waals surface area contributed by atoms with Gasteiger partial charge in [0.25, 0.3) is 0 Å². The zero-order valence-electron chi connectivity index (χ0n) is 15.4. The molecule has 0 saturated heterocycles. The molecule has 2 aromatic carbocycles. The fourth-order valence-corrected chi connectivity index (χ4v) is 2.73. The van der Waals surface area contributed by atoms with Gasteiger partial charge in [0.1, 0.15) is 5.75 Å². The molecular formula is C21H24N4O2. The Kier molecular flexibility index (Phi) is 6.10. The fourth-order valence-electron chi connectivity index (χ4n) is 2.73. The lowest BCUT2D eigenvalue weighted by Crippen LogP contribution is -2.11. The van der Waals surface area contributed by atoms with Gasteiger partial charge in [-0.25, -0.2) is 4.98 Å². The molecule has 6 heteroatoms. The maximum absolute atomic E-state index is 5.88. The van der Waals surface area contributed by atoms with E-state index in [0.717, 1.165) is 17.0 Å². The first-order chi connectivity index (χ1) is 13.2. The highest BCUT2D eigenvalue weighted by atomic mass is 16.5. The number of nitrogens with zero attached hydrogens (tertiary/aromatic N) is 2. The van der Waals surface area contributed by atoms with Crippen molar-refractivity contribution < 1.29 is 9.47 Å². The number of hydrogen-bond donors (Lipinski definition) is 2. The monoisotopic (exact) mass is 364 g/mol. The quantitative estimate of drug-likeness (QED) is 0.591. The molecule has 4 N–H and O–H groups in total. The Morgan fingerprint density at radius 2 is 1.48 bits per heavy atom. The van der Waals surface area contributed by atoms with Crippen LogP contribution < -0.4 is 20.9 Å². The summed E-state index contributed by atoms with van der Waals surface area (Å²) in [5.41, 5.74) is 14.6. The van der Waals surface area contributed by atoms with Crippen molar-refractivity contribution in [2.24, 2.45) is 0 Å². The van der Waals surface area contributed by atoms with Gasteiger partial charge in [-0.15, -0.1) is 0 Å². The zero-order chi connectivity index (χ0) is 19.1. The highest BCUT2D eigenvalue weighted by Crippen LogP contribution is 2.25. The lowest BCUT2D eigenvalue weighted by molar-refractivity contribution is 0.246. The smallest absolute Gasteiger partial charge is 0.222 e. The third-order valence-electron chi connectivity index (χ3n) is 4.08. The predicted octanol–water partition coefficient (Wildman–Crippen LogP) is 3.72. The summed E-state index contributed by atoms with van der Waals surface area (Å²) in [7, 11) is 0. The minimum absolute atomic E-state index is 0.166. The normalized spacial score (nSPS) is 10.6. The van der Waals surface area contributed by atoms with E-state index in [1.54, 1.807) is 0 Å². The second kappa shape index (κ2) is 8.89. The molecule has 1 heterocycles. The molecule has 3 rings (SSSR count). The van der Waals surface area contributed by atoms with E-state index in [-0.39, 0.29) is 11.8 Å². The molecule has 140 valence electrons. The second-order valence-corrected chi connectivity index (χ2v) is 6.04. The van der Waals surface area contributed by atoms with Crippen LogP contribution in [0, 0.1) is 0 Å². The Morgan fingerprint density at radius 1 is 0.815 bits per heavy atom. The SMILES string of the molecule is CCc1nc(N)nc(N)c1OCCCOc1ccc(-c2ccccc2)cc1. The minimum Gasteiger partial charge on any atom is -0.493 e. The van der Waals surface area contributed by atoms with Crippen molar-refractivity contribution in [1.82, 2.24) is 9.97 Å². The third-order valence-corrected chi connectivity index (χ3v) is 4.08. The number of rotatable bonds is 8. The average Bonchev–Trinajstić information content (AvgIpc) is 2.70. The van der Waals surface area contributed by atoms with Gasteiger partial charge in [0.2, 0.25) is 5.95 Å². The van der Waals surface area contributed by atoms with Crippen LogP contribution in [0.1, 0.15) is 19.0 Å².